The first-order valence-corrected chi connectivity index (χ1v) is 15.0. The molecule has 0 fully saturated rings. The van der Waals surface area contributed by atoms with Crippen LogP contribution in [-0.4, -0.2) is 80.7 Å². The highest BCUT2D eigenvalue weighted by Crippen LogP contribution is 2.38. The van der Waals surface area contributed by atoms with E-state index in [-0.39, 0.29) is 17.0 Å². The minimum Gasteiger partial charge on any atom is -0.483 e. The van der Waals surface area contributed by atoms with Crippen LogP contribution >= 0.6 is 11.8 Å². The second-order valence-corrected chi connectivity index (χ2v) is 12.0. The number of aliphatic imine (C=N–C) groups is 1. The first kappa shape index (κ1) is 28.9. The van der Waals surface area contributed by atoms with Gasteiger partial charge >= 0.3 is 5.97 Å². The van der Waals surface area contributed by atoms with E-state index in [1.165, 1.54) is 30.9 Å². The number of thioether (sulfide) groups is 1. The van der Waals surface area contributed by atoms with Crippen molar-refractivity contribution in [1.29, 1.82) is 0 Å². The number of ether oxygens (including phenoxy) is 5. The topological polar surface area (TPSA) is 138 Å². The van der Waals surface area contributed by atoms with E-state index in [0.717, 1.165) is 28.8 Å². The van der Waals surface area contributed by atoms with Crippen molar-refractivity contribution < 1.29 is 36.9 Å². The average Bonchev–Trinajstić information content (AvgIpc) is 3.48. The number of benzene rings is 1. The number of hydrogen-bond donors (Lipinski definition) is 1. The summed E-state index contributed by atoms with van der Waals surface area (Å²) < 4.78 is 51.8. The van der Waals surface area contributed by atoms with E-state index < -0.39 is 21.4 Å². The summed E-state index contributed by atoms with van der Waals surface area (Å²) in [7, 11) is -0.263. The number of nitrogens with zero attached hydrogens (tertiary/aromatic N) is 2. The zero-order valence-electron chi connectivity index (χ0n) is 22.3. The molecule has 0 saturated heterocycles. The number of esters is 1. The summed E-state index contributed by atoms with van der Waals surface area (Å²) in [6.07, 6.45) is 2.78. The zero-order valence-corrected chi connectivity index (χ0v) is 23.9. The Labute approximate surface area is 231 Å². The van der Waals surface area contributed by atoms with Crippen LogP contribution in [0.5, 0.6) is 17.2 Å². The van der Waals surface area contributed by atoms with Crippen molar-refractivity contribution in [2.24, 2.45) is 4.99 Å². The van der Waals surface area contributed by atoms with E-state index >= 15 is 0 Å². The molecule has 2 unspecified atom stereocenters. The third-order valence-electron chi connectivity index (χ3n) is 5.75. The maximum atomic E-state index is 11.7. The average molecular weight is 578 g/mol. The molecule has 0 spiro atoms. The van der Waals surface area contributed by atoms with E-state index in [1.54, 1.807) is 26.4 Å². The van der Waals surface area contributed by atoms with Crippen molar-refractivity contribution >= 4 is 43.5 Å². The zero-order chi connectivity index (χ0) is 28.2. The molecule has 4 rings (SSSR count). The lowest BCUT2D eigenvalue weighted by Crippen LogP contribution is -2.27. The Bertz CT molecular complexity index is 1450. The van der Waals surface area contributed by atoms with Crippen LogP contribution in [0.15, 0.2) is 46.5 Å². The highest BCUT2D eigenvalue weighted by Gasteiger charge is 2.33. The van der Waals surface area contributed by atoms with Crippen molar-refractivity contribution in [2.75, 3.05) is 33.7 Å². The van der Waals surface area contributed by atoms with Gasteiger partial charge in [0.2, 0.25) is 0 Å². The van der Waals surface area contributed by atoms with Crippen molar-refractivity contribution in [2.45, 2.75) is 42.9 Å². The molecule has 210 valence electrons. The molecule has 1 aliphatic heterocycles. The van der Waals surface area contributed by atoms with E-state index in [4.69, 9.17) is 28.7 Å². The Hall–Kier alpha value is -3.13. The summed E-state index contributed by atoms with van der Waals surface area (Å²) in [5, 5.41) is 1.47. The quantitative estimate of drug-likeness (QED) is 0.315. The summed E-state index contributed by atoms with van der Waals surface area (Å²) >= 11 is 1.39. The molecule has 0 bridgehead atoms. The normalized spacial score (nSPS) is 17.4. The van der Waals surface area contributed by atoms with Gasteiger partial charge in [0.25, 0.3) is 0 Å². The van der Waals surface area contributed by atoms with E-state index in [2.05, 4.69) is 9.97 Å². The number of aromatic nitrogens is 2. The Morgan fingerprint density at radius 2 is 1.87 bits per heavy atom. The molecule has 39 heavy (non-hydrogen) atoms. The van der Waals surface area contributed by atoms with Crippen LogP contribution in [0.4, 0.5) is 0 Å². The number of aromatic amines is 1. The van der Waals surface area contributed by atoms with Crippen molar-refractivity contribution in [3.8, 4) is 17.2 Å². The van der Waals surface area contributed by atoms with Crippen LogP contribution in [0.2, 0.25) is 0 Å². The van der Waals surface area contributed by atoms with Gasteiger partial charge in [-0.05, 0) is 30.7 Å². The van der Waals surface area contributed by atoms with Crippen molar-refractivity contribution in [1.82, 2.24) is 9.97 Å². The lowest BCUT2D eigenvalue weighted by Gasteiger charge is -2.19. The Balaban J connectivity index is 1.70. The third-order valence-corrected chi connectivity index (χ3v) is 7.94. The lowest BCUT2D eigenvalue weighted by atomic mass is 10.2. The molecule has 1 aliphatic rings. The molecule has 0 aliphatic carbocycles. The van der Waals surface area contributed by atoms with E-state index in [1.807, 2.05) is 19.1 Å². The number of sulfone groups is 1. The number of fused-ring (bicyclic) bond motifs is 1. The van der Waals surface area contributed by atoms with Gasteiger partial charge in [-0.2, -0.15) is 0 Å². The Morgan fingerprint density at radius 3 is 2.46 bits per heavy atom. The van der Waals surface area contributed by atoms with Crippen molar-refractivity contribution in [3.63, 3.8) is 0 Å². The standard InChI is InChI=1S/C26H31N3O8S2/c1-6-20-26(35-15(2)30)38-25(29-20)21-10-16-9-18(36-17-7-8-23(27-12-17)39(5,31)32)11-22(24(16)28-21)37-19(13-33-3)14-34-4/h7-12,19-20,26,28H,6,13-14H2,1-5H3. The molecule has 2 atom stereocenters. The van der Waals surface area contributed by atoms with Gasteiger partial charge in [0.1, 0.15) is 28.4 Å². The molecule has 0 radical (unpaired) electrons. The monoisotopic (exact) mass is 577 g/mol. The van der Waals surface area contributed by atoms with Crippen molar-refractivity contribution in [3.05, 3.63) is 42.2 Å². The van der Waals surface area contributed by atoms with Crippen LogP contribution in [0.1, 0.15) is 26.0 Å². The summed E-state index contributed by atoms with van der Waals surface area (Å²) in [5.41, 5.74) is 1.07. The molecule has 1 N–H and O–H groups in total. The molecule has 3 aromatic rings. The molecular weight excluding hydrogens is 546 g/mol. The van der Waals surface area contributed by atoms with Gasteiger partial charge in [0.15, 0.2) is 20.3 Å². The first-order chi connectivity index (χ1) is 18.6. The molecular formula is C26H31N3O8S2. The van der Waals surface area contributed by atoms with Crippen LogP contribution in [0.25, 0.3) is 10.9 Å². The molecule has 2 aromatic heterocycles. The second kappa shape index (κ2) is 12.4. The van der Waals surface area contributed by atoms with Gasteiger partial charge < -0.3 is 28.7 Å². The predicted octanol–water partition coefficient (Wildman–Crippen LogP) is 3.96. The van der Waals surface area contributed by atoms with Crippen LogP contribution in [-0.2, 0) is 28.8 Å². The number of rotatable bonds is 12. The van der Waals surface area contributed by atoms with Gasteiger partial charge in [-0.25, -0.2) is 13.4 Å². The smallest absolute Gasteiger partial charge is 0.303 e. The number of methoxy groups -OCH3 is 2. The summed E-state index contributed by atoms with van der Waals surface area (Å²) in [6, 6.07) is 8.27. The summed E-state index contributed by atoms with van der Waals surface area (Å²) in [6.45, 7) is 3.99. The fraction of sp³-hybridized carbons (Fsp3) is 0.423. The van der Waals surface area contributed by atoms with Crippen LogP contribution in [0, 0.1) is 0 Å². The van der Waals surface area contributed by atoms with E-state index in [0.29, 0.717) is 36.0 Å². The minimum atomic E-state index is -3.43. The summed E-state index contributed by atoms with van der Waals surface area (Å²) in [4.78, 5) is 23.7. The molecule has 1 aromatic carbocycles. The van der Waals surface area contributed by atoms with Gasteiger partial charge in [-0.15, -0.1) is 0 Å². The Kier molecular flexibility index (Phi) is 9.15. The van der Waals surface area contributed by atoms with E-state index in [9.17, 15) is 13.2 Å². The van der Waals surface area contributed by atoms with Crippen LogP contribution in [0.3, 0.4) is 0 Å². The maximum absolute atomic E-state index is 11.7. The minimum absolute atomic E-state index is 0.0427. The number of pyridine rings is 1. The SMILES string of the molecule is CCC1N=C(c2cc3cc(Oc4ccc(S(C)(=O)=O)nc4)cc(OC(COC)COC)c3[nH]2)SC1OC(C)=O. The fourth-order valence-electron chi connectivity index (χ4n) is 4.02. The summed E-state index contributed by atoms with van der Waals surface area (Å²) in [5.74, 6) is 0.967. The molecule has 13 heteroatoms. The number of hydrogen-bond acceptors (Lipinski definition) is 11. The number of carbonyl (C=O) groups is 1. The maximum Gasteiger partial charge on any atom is 0.303 e. The first-order valence-electron chi connectivity index (χ1n) is 12.2. The third kappa shape index (κ3) is 7.10. The van der Waals surface area contributed by atoms with Gasteiger partial charge in [0.05, 0.1) is 36.7 Å². The Morgan fingerprint density at radius 1 is 1.13 bits per heavy atom. The lowest BCUT2D eigenvalue weighted by molar-refractivity contribution is -0.142. The largest absolute Gasteiger partial charge is 0.483 e. The predicted molar refractivity (Wildman–Crippen MR) is 148 cm³/mol. The molecule has 3 heterocycles. The highest BCUT2D eigenvalue weighted by atomic mass is 32.2. The molecule has 0 amide bonds. The highest BCUT2D eigenvalue weighted by molar-refractivity contribution is 8.15. The molecule has 0 saturated carbocycles. The second-order valence-electron chi connectivity index (χ2n) is 8.93. The van der Waals surface area contributed by atoms with Crippen LogP contribution < -0.4 is 9.47 Å². The molecule has 11 nitrogen and oxygen atoms in total. The number of nitrogens with one attached hydrogen (secondary N) is 1. The van der Waals surface area contributed by atoms with Gasteiger partial charge in [-0.3, -0.25) is 9.79 Å². The van der Waals surface area contributed by atoms with Gasteiger partial charge in [0, 0.05) is 38.9 Å². The fourth-order valence-corrected chi connectivity index (χ4v) is 5.82. The number of H-pyrrole nitrogens is 1. The van der Waals surface area contributed by atoms with Gasteiger partial charge in [-0.1, -0.05) is 18.7 Å². The number of carbonyl (C=O) groups excluding carboxylic acids is 1.